The average molecular weight is 458 g/mol. The summed E-state index contributed by atoms with van der Waals surface area (Å²) in [4.78, 5) is 25.2. The molecule has 0 bridgehead atoms. The number of fused-ring (bicyclic) bond motifs is 1. The van der Waals surface area contributed by atoms with Gasteiger partial charge in [0.15, 0.2) is 0 Å². The zero-order valence-corrected chi connectivity index (χ0v) is 22.1. The SMILES string of the molecule is C=Cc1c(/C=C\C)n(CC)c(=O)n1C.CC.CC.CCOc1ccc2c(c1)CCN(C)C2=O. The maximum absolute atomic E-state index is 11.8. The zero-order chi connectivity index (χ0) is 25.6. The van der Waals surface area contributed by atoms with E-state index in [1.165, 1.54) is 0 Å². The molecule has 33 heavy (non-hydrogen) atoms. The summed E-state index contributed by atoms with van der Waals surface area (Å²) in [7, 11) is 3.60. The standard InChI is InChI=1S/C12H15NO2.C11H16N2O.2C2H6/c1-3-15-10-4-5-11-9(8-10)6-7-13(2)12(11)14;1-5-8-10-9(6-2)12(4)11(14)13(10)7-3;2*1-2/h4-5,8H,3,6-7H2,1-2H3;5-6,8H,2,7H2,1,3-4H3;2*1-2H3/b;8-5-;;. The third-order valence-electron chi connectivity index (χ3n) is 4.95. The number of hydrogen-bond donors (Lipinski definition) is 0. The van der Waals surface area contributed by atoms with Gasteiger partial charge in [0.1, 0.15) is 5.75 Å². The number of hydrogen-bond acceptors (Lipinski definition) is 3. The highest BCUT2D eigenvalue weighted by atomic mass is 16.5. The Bertz CT molecular complexity index is 968. The minimum absolute atomic E-state index is 0.00972. The lowest BCUT2D eigenvalue weighted by molar-refractivity contribution is 0.0781. The number of amides is 1. The van der Waals surface area contributed by atoms with Crippen LogP contribution < -0.4 is 10.4 Å². The van der Waals surface area contributed by atoms with Crippen LogP contribution in [-0.4, -0.2) is 40.1 Å². The van der Waals surface area contributed by atoms with Gasteiger partial charge in [-0.3, -0.25) is 13.9 Å². The van der Waals surface area contributed by atoms with E-state index in [-0.39, 0.29) is 11.6 Å². The number of nitrogens with zero attached hydrogens (tertiary/aromatic N) is 3. The lowest BCUT2D eigenvalue weighted by Gasteiger charge is -2.24. The fraction of sp³-hybridized carbons (Fsp3) is 0.481. The molecule has 1 aromatic carbocycles. The van der Waals surface area contributed by atoms with Crippen LogP contribution in [0.2, 0.25) is 0 Å². The molecule has 0 saturated carbocycles. The average Bonchev–Trinajstić information content (AvgIpc) is 3.08. The van der Waals surface area contributed by atoms with Crippen LogP contribution in [0.1, 0.15) is 75.8 Å². The van der Waals surface area contributed by atoms with Crippen molar-refractivity contribution >= 4 is 18.1 Å². The molecule has 0 spiro atoms. The van der Waals surface area contributed by atoms with Gasteiger partial charge < -0.3 is 9.64 Å². The first kappa shape index (κ1) is 30.0. The van der Waals surface area contributed by atoms with E-state index in [9.17, 15) is 9.59 Å². The van der Waals surface area contributed by atoms with Crippen molar-refractivity contribution < 1.29 is 9.53 Å². The van der Waals surface area contributed by atoms with Crippen LogP contribution in [0.4, 0.5) is 0 Å². The first-order chi connectivity index (χ1) is 15.9. The van der Waals surface area contributed by atoms with E-state index in [0.717, 1.165) is 41.2 Å². The molecule has 2 heterocycles. The van der Waals surface area contributed by atoms with E-state index in [1.807, 2.05) is 85.9 Å². The van der Waals surface area contributed by atoms with Gasteiger partial charge in [-0.25, -0.2) is 4.79 Å². The van der Waals surface area contributed by atoms with Crippen LogP contribution in [0.5, 0.6) is 5.75 Å². The number of rotatable bonds is 5. The summed E-state index contributed by atoms with van der Waals surface area (Å²) >= 11 is 0. The second-order valence-electron chi connectivity index (χ2n) is 6.79. The summed E-state index contributed by atoms with van der Waals surface area (Å²) in [5.74, 6) is 0.966. The van der Waals surface area contributed by atoms with Gasteiger partial charge in [0.25, 0.3) is 5.91 Å². The number of allylic oxidation sites excluding steroid dienone is 1. The van der Waals surface area contributed by atoms with Gasteiger partial charge in [0, 0.05) is 32.7 Å². The predicted octanol–water partition coefficient (Wildman–Crippen LogP) is 5.65. The number of carbonyl (C=O) groups is 1. The van der Waals surface area contributed by atoms with Gasteiger partial charge in [-0.15, -0.1) is 0 Å². The second-order valence-corrected chi connectivity index (χ2v) is 6.79. The number of benzene rings is 1. The molecule has 0 unspecified atom stereocenters. The van der Waals surface area contributed by atoms with Crippen LogP contribution in [0, 0.1) is 0 Å². The van der Waals surface area contributed by atoms with E-state index >= 15 is 0 Å². The summed E-state index contributed by atoms with van der Waals surface area (Å²) in [5, 5.41) is 0. The van der Waals surface area contributed by atoms with Gasteiger partial charge in [-0.05, 0) is 63.1 Å². The first-order valence-corrected chi connectivity index (χ1v) is 11.9. The number of aromatic nitrogens is 2. The molecule has 0 atom stereocenters. The lowest BCUT2D eigenvalue weighted by Crippen LogP contribution is -2.34. The Hall–Kier alpha value is -3.02. The van der Waals surface area contributed by atoms with Crippen LogP contribution >= 0.6 is 0 Å². The molecule has 0 N–H and O–H groups in total. The van der Waals surface area contributed by atoms with Crippen LogP contribution in [-0.2, 0) is 20.0 Å². The van der Waals surface area contributed by atoms with Gasteiger partial charge in [0.05, 0.1) is 18.0 Å². The van der Waals surface area contributed by atoms with Crippen molar-refractivity contribution in [1.82, 2.24) is 14.0 Å². The first-order valence-electron chi connectivity index (χ1n) is 11.9. The van der Waals surface area contributed by atoms with Crippen LogP contribution in [0.25, 0.3) is 12.2 Å². The molecule has 1 aliphatic heterocycles. The second kappa shape index (κ2) is 15.7. The Labute approximate surface area is 200 Å². The maximum Gasteiger partial charge on any atom is 0.328 e. The molecular formula is C27H43N3O3. The maximum atomic E-state index is 11.8. The van der Waals surface area contributed by atoms with Crippen molar-refractivity contribution in [3.05, 3.63) is 63.9 Å². The van der Waals surface area contributed by atoms with Crippen molar-refractivity contribution in [3.63, 3.8) is 0 Å². The summed E-state index contributed by atoms with van der Waals surface area (Å²) in [5.41, 5.74) is 3.72. The van der Waals surface area contributed by atoms with Crippen LogP contribution in [0.15, 0.2) is 35.6 Å². The van der Waals surface area contributed by atoms with Gasteiger partial charge >= 0.3 is 5.69 Å². The molecule has 6 heteroatoms. The van der Waals surface area contributed by atoms with Gasteiger partial charge in [-0.1, -0.05) is 40.3 Å². The minimum atomic E-state index is 0.00972. The Morgan fingerprint density at radius 3 is 2.21 bits per heavy atom. The Morgan fingerprint density at radius 2 is 1.70 bits per heavy atom. The number of ether oxygens (including phenoxy) is 1. The molecule has 1 amide bonds. The molecule has 0 radical (unpaired) electrons. The highest BCUT2D eigenvalue weighted by Crippen LogP contribution is 2.23. The lowest BCUT2D eigenvalue weighted by atomic mass is 9.99. The summed E-state index contributed by atoms with van der Waals surface area (Å²) < 4.78 is 8.76. The van der Waals surface area contributed by atoms with E-state index in [1.54, 1.807) is 27.2 Å². The third-order valence-corrected chi connectivity index (χ3v) is 4.95. The highest BCUT2D eigenvalue weighted by Gasteiger charge is 2.21. The van der Waals surface area contributed by atoms with Crippen molar-refractivity contribution in [1.29, 1.82) is 0 Å². The monoisotopic (exact) mass is 457 g/mol. The molecule has 0 aliphatic carbocycles. The van der Waals surface area contributed by atoms with E-state index in [2.05, 4.69) is 6.58 Å². The van der Waals surface area contributed by atoms with Gasteiger partial charge in [-0.2, -0.15) is 0 Å². The molecule has 0 fully saturated rings. The molecule has 1 aliphatic rings. The quantitative estimate of drug-likeness (QED) is 0.583. The molecule has 3 rings (SSSR count). The van der Waals surface area contributed by atoms with E-state index in [0.29, 0.717) is 13.2 Å². The topological polar surface area (TPSA) is 56.5 Å². The highest BCUT2D eigenvalue weighted by molar-refractivity contribution is 5.96. The fourth-order valence-electron chi connectivity index (χ4n) is 3.41. The molecule has 184 valence electrons. The van der Waals surface area contributed by atoms with Crippen molar-refractivity contribution in [2.45, 2.75) is 61.4 Å². The molecular weight excluding hydrogens is 414 g/mol. The minimum Gasteiger partial charge on any atom is -0.494 e. The third kappa shape index (κ3) is 7.52. The molecule has 1 aromatic heterocycles. The Balaban J connectivity index is 0.000000541. The normalized spacial score (nSPS) is 11.9. The summed E-state index contributed by atoms with van der Waals surface area (Å²) in [6.45, 7) is 19.7. The summed E-state index contributed by atoms with van der Waals surface area (Å²) in [6, 6.07) is 5.70. The summed E-state index contributed by atoms with van der Waals surface area (Å²) in [6.07, 6.45) is 6.48. The number of likely N-dealkylation sites (N-methyl/N-ethyl adjacent to an activating group) is 1. The van der Waals surface area contributed by atoms with Crippen molar-refractivity contribution in [2.75, 3.05) is 20.2 Å². The fourth-order valence-corrected chi connectivity index (χ4v) is 3.41. The largest absolute Gasteiger partial charge is 0.494 e. The Morgan fingerprint density at radius 1 is 1.06 bits per heavy atom. The molecule has 6 nitrogen and oxygen atoms in total. The van der Waals surface area contributed by atoms with Gasteiger partial charge in [0.2, 0.25) is 0 Å². The number of carbonyl (C=O) groups excluding carboxylic acids is 1. The van der Waals surface area contributed by atoms with Crippen molar-refractivity contribution in [2.24, 2.45) is 7.05 Å². The molecule has 2 aromatic rings. The predicted molar refractivity (Wildman–Crippen MR) is 141 cm³/mol. The molecule has 0 saturated heterocycles. The van der Waals surface area contributed by atoms with E-state index in [4.69, 9.17) is 4.74 Å². The van der Waals surface area contributed by atoms with E-state index < -0.39 is 0 Å². The zero-order valence-electron chi connectivity index (χ0n) is 22.1. The number of imidazole rings is 1. The Kier molecular flexibility index (Phi) is 14.3. The smallest absolute Gasteiger partial charge is 0.328 e. The van der Waals surface area contributed by atoms with Crippen molar-refractivity contribution in [3.8, 4) is 5.75 Å². The van der Waals surface area contributed by atoms with Crippen LogP contribution in [0.3, 0.4) is 0 Å².